The summed E-state index contributed by atoms with van der Waals surface area (Å²) in [6, 6.07) is 14.1. The van der Waals surface area contributed by atoms with Gasteiger partial charge in [0.05, 0.1) is 38.1 Å². The Kier molecular flexibility index (Phi) is 13.8. The third-order valence-corrected chi connectivity index (χ3v) is 8.60. The van der Waals surface area contributed by atoms with Crippen molar-refractivity contribution >= 4 is 47.0 Å². The minimum atomic E-state index is -1.22. The predicted molar refractivity (Wildman–Crippen MR) is 193 cm³/mol. The van der Waals surface area contributed by atoms with E-state index in [-0.39, 0.29) is 35.1 Å². The first kappa shape index (κ1) is 39.4. The maximum absolute atomic E-state index is 15.7. The van der Waals surface area contributed by atoms with Gasteiger partial charge in [-0.2, -0.15) is 0 Å². The number of aromatic nitrogens is 1. The molecule has 1 amide bonds. The molecule has 4 aromatic rings. The topological polar surface area (TPSA) is 200 Å². The normalized spacial score (nSPS) is 12.6. The molecule has 0 unspecified atom stereocenters. The van der Waals surface area contributed by atoms with Crippen LogP contribution in [0.1, 0.15) is 38.3 Å². The first-order valence-electron chi connectivity index (χ1n) is 15.8. The molecule has 0 saturated heterocycles. The summed E-state index contributed by atoms with van der Waals surface area (Å²) in [5.74, 6) is -2.95. The van der Waals surface area contributed by atoms with Crippen LogP contribution in [0, 0.1) is 6.92 Å². The van der Waals surface area contributed by atoms with Crippen LogP contribution in [0.5, 0.6) is 11.5 Å². The Labute approximate surface area is 303 Å². The van der Waals surface area contributed by atoms with Gasteiger partial charge in [0.25, 0.3) is 5.91 Å². The molecule has 52 heavy (non-hydrogen) atoms. The van der Waals surface area contributed by atoms with Crippen molar-refractivity contribution in [2.45, 2.75) is 32.1 Å². The third-order valence-electron chi connectivity index (χ3n) is 8.19. The van der Waals surface area contributed by atoms with E-state index in [1.165, 1.54) is 38.6 Å². The van der Waals surface area contributed by atoms with Crippen molar-refractivity contribution in [2.75, 3.05) is 32.8 Å². The number of benzene rings is 3. The average Bonchev–Trinajstić information content (AvgIpc) is 3.13. The van der Waals surface area contributed by atoms with E-state index in [0.717, 1.165) is 0 Å². The molecule has 0 fully saturated rings. The van der Waals surface area contributed by atoms with Crippen LogP contribution in [0.15, 0.2) is 66.9 Å². The van der Waals surface area contributed by atoms with Gasteiger partial charge in [0.2, 0.25) is 0 Å². The summed E-state index contributed by atoms with van der Waals surface area (Å²) in [6.45, 7) is 0.701. The summed E-state index contributed by atoms with van der Waals surface area (Å²) < 4.78 is 26.5. The number of carbonyl (C=O) groups excluding carboxylic acids is 1. The Morgan fingerprint density at radius 2 is 1.46 bits per heavy atom. The molecule has 0 saturated carbocycles. The van der Waals surface area contributed by atoms with Crippen LogP contribution in [-0.4, -0.2) is 82.8 Å². The quantitative estimate of drug-likeness (QED) is 0.0750. The van der Waals surface area contributed by atoms with Crippen LogP contribution >= 0.6 is 11.6 Å². The van der Waals surface area contributed by atoms with Crippen molar-refractivity contribution in [1.82, 2.24) is 15.6 Å². The highest BCUT2D eigenvalue weighted by atomic mass is 35.5. The number of aliphatic hydroxyl groups excluding tert-OH is 2. The Morgan fingerprint density at radius 3 is 2.08 bits per heavy atom. The van der Waals surface area contributed by atoms with Gasteiger partial charge in [0.1, 0.15) is 35.1 Å². The van der Waals surface area contributed by atoms with E-state index in [1.54, 1.807) is 42.5 Å². The Hall–Kier alpha value is -5.38. The van der Waals surface area contributed by atoms with Crippen LogP contribution in [0.2, 0.25) is 5.02 Å². The lowest BCUT2D eigenvalue weighted by Gasteiger charge is -2.16. The number of amides is 1. The zero-order valence-electron chi connectivity index (χ0n) is 28.4. The number of hydrogen-bond donors (Lipinski definition) is 7. The van der Waals surface area contributed by atoms with Gasteiger partial charge in [-0.1, -0.05) is 54.1 Å². The number of carboxylic acids is 2. The molecule has 0 radical (unpaired) electrons. The summed E-state index contributed by atoms with van der Waals surface area (Å²) in [7, 11) is 2.81. The number of carbonyl (C=O) groups is 3. The molecule has 1 aromatic heterocycles. The number of hydrogen-bond acceptors (Lipinski definition) is 10. The summed E-state index contributed by atoms with van der Waals surface area (Å²) >= 11 is 6.82. The molecule has 0 bridgehead atoms. The number of nitrogens with one attached hydrogen (secondary N) is 3. The first-order valence-corrected chi connectivity index (χ1v) is 16.2. The standard InChI is InChI=1S/C37H38ClFN4O9/c1-20-21(12-27(39)22-10-11-23(32(13-22)51-2)15-41-30(18-44)36(47)48)6-4-7-25(20)26-8-5-9-28(34(26)38)43-35(46)29-14-33(52-3)24(16-40-29)17-42-31(19-45)37(49)50/h4-14,16,30-31,41-42,44-45H,15,17-19H2,1-3H3,(H,43,46)(H,47,48)(H,49,50)/b27-12-/t30-,31-/m1/s1. The smallest absolute Gasteiger partial charge is 0.323 e. The lowest BCUT2D eigenvalue weighted by molar-refractivity contribution is -0.141. The maximum Gasteiger partial charge on any atom is 0.323 e. The number of aliphatic carboxylic acids is 2. The van der Waals surface area contributed by atoms with E-state index in [9.17, 15) is 24.6 Å². The zero-order chi connectivity index (χ0) is 37.9. The molecule has 0 aliphatic heterocycles. The Morgan fingerprint density at radius 1 is 0.865 bits per heavy atom. The second kappa shape index (κ2) is 18.2. The monoisotopic (exact) mass is 736 g/mol. The lowest BCUT2D eigenvalue weighted by Crippen LogP contribution is -2.39. The number of rotatable bonds is 17. The molecule has 15 heteroatoms. The summed E-state index contributed by atoms with van der Waals surface area (Å²) in [5, 5.41) is 45.2. The van der Waals surface area contributed by atoms with Crippen LogP contribution in [-0.2, 0) is 22.7 Å². The number of carboxylic acid groups (broad SMARTS) is 2. The molecule has 1 heterocycles. The van der Waals surface area contributed by atoms with Gasteiger partial charge >= 0.3 is 11.9 Å². The molecule has 7 N–H and O–H groups in total. The molecule has 2 atom stereocenters. The van der Waals surface area contributed by atoms with Crippen molar-refractivity contribution < 1.29 is 48.7 Å². The number of nitrogens with zero attached hydrogens (tertiary/aromatic N) is 1. The van der Waals surface area contributed by atoms with E-state index in [4.69, 9.17) is 31.3 Å². The molecule has 274 valence electrons. The van der Waals surface area contributed by atoms with Gasteiger partial charge in [0.15, 0.2) is 0 Å². The van der Waals surface area contributed by atoms with Gasteiger partial charge < -0.3 is 35.2 Å². The molecular weight excluding hydrogens is 699 g/mol. The van der Waals surface area contributed by atoms with E-state index in [2.05, 4.69) is 20.9 Å². The fraction of sp³-hybridized carbons (Fsp3) is 0.243. The largest absolute Gasteiger partial charge is 0.496 e. The van der Waals surface area contributed by atoms with E-state index < -0.39 is 49.0 Å². The second-order valence-corrected chi connectivity index (χ2v) is 11.8. The Bertz CT molecular complexity index is 1970. The number of ether oxygens (including phenoxy) is 2. The van der Waals surface area contributed by atoms with Gasteiger partial charge in [0, 0.05) is 47.6 Å². The van der Waals surface area contributed by atoms with Crippen LogP contribution < -0.4 is 25.4 Å². The van der Waals surface area contributed by atoms with E-state index >= 15 is 4.39 Å². The summed E-state index contributed by atoms with van der Waals surface area (Å²) in [6.07, 6.45) is 2.75. The molecule has 3 aromatic carbocycles. The summed E-state index contributed by atoms with van der Waals surface area (Å²) in [5.41, 5.74) is 4.13. The number of aliphatic hydroxyl groups is 2. The van der Waals surface area contributed by atoms with Gasteiger partial charge in [-0.15, -0.1) is 0 Å². The van der Waals surface area contributed by atoms with Gasteiger partial charge in [-0.05, 0) is 41.8 Å². The lowest BCUT2D eigenvalue weighted by atomic mass is 9.95. The number of anilines is 1. The minimum Gasteiger partial charge on any atom is -0.496 e. The highest BCUT2D eigenvalue weighted by molar-refractivity contribution is 6.36. The molecular formula is C37H38ClFN4O9. The maximum atomic E-state index is 15.7. The molecule has 4 rings (SSSR count). The van der Waals surface area contributed by atoms with Crippen LogP contribution in [0.25, 0.3) is 23.0 Å². The molecule has 0 aliphatic rings. The van der Waals surface area contributed by atoms with Crippen molar-refractivity contribution in [3.05, 3.63) is 105 Å². The van der Waals surface area contributed by atoms with Crippen molar-refractivity contribution in [3.63, 3.8) is 0 Å². The van der Waals surface area contributed by atoms with Crippen molar-refractivity contribution in [3.8, 4) is 22.6 Å². The number of halogens is 2. The van der Waals surface area contributed by atoms with Crippen LogP contribution in [0.4, 0.5) is 10.1 Å². The minimum absolute atomic E-state index is 0.00773. The second-order valence-electron chi connectivity index (χ2n) is 11.4. The van der Waals surface area contributed by atoms with Gasteiger partial charge in [-0.3, -0.25) is 30.0 Å². The molecule has 13 nitrogen and oxygen atoms in total. The van der Waals surface area contributed by atoms with Crippen LogP contribution in [0.3, 0.4) is 0 Å². The SMILES string of the molecule is COc1cc(/C(F)=C/c2cccc(-c3cccc(NC(=O)c4cc(OC)c(CN[C@H](CO)C(=O)O)cn4)c3Cl)c2C)ccc1CN[C@H](CO)C(=O)O. The van der Waals surface area contributed by atoms with E-state index in [1.807, 2.05) is 13.0 Å². The molecule has 0 aliphatic carbocycles. The van der Waals surface area contributed by atoms with Crippen molar-refractivity contribution in [1.29, 1.82) is 0 Å². The highest BCUT2D eigenvalue weighted by Crippen LogP contribution is 2.37. The number of methoxy groups -OCH3 is 2. The van der Waals surface area contributed by atoms with E-state index in [0.29, 0.717) is 44.8 Å². The highest BCUT2D eigenvalue weighted by Gasteiger charge is 2.20. The summed E-state index contributed by atoms with van der Waals surface area (Å²) in [4.78, 5) is 39.9. The third kappa shape index (κ3) is 9.48. The molecule has 0 spiro atoms. The van der Waals surface area contributed by atoms with Crippen molar-refractivity contribution in [2.24, 2.45) is 0 Å². The fourth-order valence-electron chi connectivity index (χ4n) is 5.22. The zero-order valence-corrected chi connectivity index (χ0v) is 29.2. The number of pyridine rings is 1. The average molecular weight is 737 g/mol. The fourth-order valence-corrected chi connectivity index (χ4v) is 5.50. The Balaban J connectivity index is 1.55. The predicted octanol–water partition coefficient (Wildman–Crippen LogP) is 4.52. The van der Waals surface area contributed by atoms with Gasteiger partial charge in [-0.25, -0.2) is 4.39 Å². The first-order chi connectivity index (χ1) is 24.9.